The number of anilines is 1. The zero-order valence-electron chi connectivity index (χ0n) is 11.0. The Morgan fingerprint density at radius 3 is 2.63 bits per heavy atom. The molecule has 0 fully saturated rings. The average molecular weight is 306 g/mol. The Morgan fingerprint density at radius 1 is 1.47 bits per heavy atom. The highest BCUT2D eigenvalue weighted by Gasteiger charge is 2.15. The van der Waals surface area contributed by atoms with E-state index < -0.39 is 9.84 Å². The van der Waals surface area contributed by atoms with E-state index in [1.807, 2.05) is 0 Å². The highest BCUT2D eigenvalue weighted by Crippen LogP contribution is 2.15. The van der Waals surface area contributed by atoms with Crippen LogP contribution in [-0.2, 0) is 9.84 Å². The van der Waals surface area contributed by atoms with Crippen LogP contribution < -0.4 is 5.32 Å². The molecule has 1 amide bonds. The highest BCUT2D eigenvalue weighted by atomic mass is 35.5. The summed E-state index contributed by atoms with van der Waals surface area (Å²) in [6, 6.07) is 3.01. The zero-order chi connectivity index (χ0) is 14.6. The fourth-order valence-corrected chi connectivity index (χ4v) is 2.19. The van der Waals surface area contributed by atoms with Gasteiger partial charge in [-0.25, -0.2) is 13.4 Å². The van der Waals surface area contributed by atoms with Crippen LogP contribution in [0.2, 0.25) is 5.15 Å². The summed E-state index contributed by atoms with van der Waals surface area (Å²) in [5.74, 6) is 0.101. The summed E-state index contributed by atoms with van der Waals surface area (Å²) >= 11 is 5.81. The van der Waals surface area contributed by atoms with E-state index in [1.165, 1.54) is 11.0 Å². The SMILES string of the molecule is CNc1cc(C(=O)N(C)CCS(C)(=O)=O)cc(Cl)n1. The summed E-state index contributed by atoms with van der Waals surface area (Å²) in [6.45, 7) is 0.131. The predicted octanol–water partition coefficient (Wildman–Crippen LogP) is 0.893. The van der Waals surface area contributed by atoms with Crippen molar-refractivity contribution in [3.8, 4) is 0 Å². The third-order valence-corrected chi connectivity index (χ3v) is 3.56. The summed E-state index contributed by atoms with van der Waals surface area (Å²) < 4.78 is 22.1. The van der Waals surface area contributed by atoms with E-state index in [0.29, 0.717) is 11.4 Å². The second kappa shape index (κ2) is 6.21. The van der Waals surface area contributed by atoms with Crippen molar-refractivity contribution in [2.45, 2.75) is 0 Å². The molecule has 1 rings (SSSR count). The molecule has 0 atom stereocenters. The minimum Gasteiger partial charge on any atom is -0.373 e. The van der Waals surface area contributed by atoms with Crippen LogP contribution in [-0.4, -0.2) is 56.9 Å². The first kappa shape index (κ1) is 15.7. The van der Waals surface area contributed by atoms with Gasteiger partial charge in [-0.3, -0.25) is 4.79 Å². The number of sulfone groups is 1. The molecule has 6 nitrogen and oxygen atoms in total. The normalized spacial score (nSPS) is 11.2. The van der Waals surface area contributed by atoms with Gasteiger partial charge in [0.1, 0.15) is 20.8 Å². The lowest BCUT2D eigenvalue weighted by molar-refractivity contribution is 0.0803. The molecule has 0 spiro atoms. The first-order chi connectivity index (χ1) is 8.73. The van der Waals surface area contributed by atoms with E-state index in [-0.39, 0.29) is 23.4 Å². The van der Waals surface area contributed by atoms with E-state index in [2.05, 4.69) is 10.3 Å². The molecular formula is C11H16ClN3O3S. The first-order valence-corrected chi connectivity index (χ1v) is 7.95. The van der Waals surface area contributed by atoms with Gasteiger partial charge in [0.15, 0.2) is 0 Å². The topological polar surface area (TPSA) is 79.4 Å². The van der Waals surface area contributed by atoms with Crippen molar-refractivity contribution in [1.29, 1.82) is 0 Å². The molecule has 0 aliphatic heterocycles. The molecule has 0 radical (unpaired) electrons. The van der Waals surface area contributed by atoms with Gasteiger partial charge in [-0.15, -0.1) is 0 Å². The number of hydrogen-bond acceptors (Lipinski definition) is 5. The number of nitrogens with one attached hydrogen (secondary N) is 1. The second-order valence-corrected chi connectivity index (χ2v) is 6.82. The van der Waals surface area contributed by atoms with Crippen molar-refractivity contribution in [2.24, 2.45) is 0 Å². The lowest BCUT2D eigenvalue weighted by Gasteiger charge is -2.17. The van der Waals surface area contributed by atoms with E-state index in [9.17, 15) is 13.2 Å². The fourth-order valence-electron chi connectivity index (χ4n) is 1.37. The Labute approximate surface area is 117 Å². The maximum absolute atomic E-state index is 12.1. The molecule has 0 aliphatic carbocycles. The first-order valence-electron chi connectivity index (χ1n) is 5.51. The molecule has 1 N–H and O–H groups in total. The number of carbonyl (C=O) groups is 1. The number of amides is 1. The number of rotatable bonds is 5. The van der Waals surface area contributed by atoms with Crippen LogP contribution in [0, 0.1) is 0 Å². The molecule has 0 unspecified atom stereocenters. The zero-order valence-corrected chi connectivity index (χ0v) is 12.5. The van der Waals surface area contributed by atoms with Gasteiger partial charge >= 0.3 is 0 Å². The van der Waals surface area contributed by atoms with Crippen LogP contribution in [0.25, 0.3) is 0 Å². The molecule has 19 heavy (non-hydrogen) atoms. The van der Waals surface area contributed by atoms with Crippen LogP contribution in [0.3, 0.4) is 0 Å². The van der Waals surface area contributed by atoms with Crippen molar-refractivity contribution < 1.29 is 13.2 Å². The van der Waals surface area contributed by atoms with Gasteiger partial charge < -0.3 is 10.2 Å². The molecule has 8 heteroatoms. The van der Waals surface area contributed by atoms with E-state index >= 15 is 0 Å². The van der Waals surface area contributed by atoms with Crippen molar-refractivity contribution >= 4 is 33.2 Å². The lowest BCUT2D eigenvalue weighted by atomic mass is 10.2. The maximum atomic E-state index is 12.1. The number of halogens is 1. The van der Waals surface area contributed by atoms with E-state index in [4.69, 9.17) is 11.6 Å². The monoisotopic (exact) mass is 305 g/mol. The average Bonchev–Trinajstić information content (AvgIpc) is 2.33. The minimum absolute atomic E-state index is 0.0764. The Bertz CT molecular complexity index is 575. The van der Waals surface area contributed by atoms with Gasteiger partial charge in [-0.05, 0) is 12.1 Å². The quantitative estimate of drug-likeness (QED) is 0.817. The van der Waals surface area contributed by atoms with E-state index in [1.54, 1.807) is 20.2 Å². The van der Waals surface area contributed by atoms with Crippen molar-refractivity contribution in [2.75, 3.05) is 38.0 Å². The summed E-state index contributed by atoms with van der Waals surface area (Å²) in [5.41, 5.74) is 0.361. The highest BCUT2D eigenvalue weighted by molar-refractivity contribution is 7.90. The Kier molecular flexibility index (Phi) is 5.13. The van der Waals surface area contributed by atoms with Crippen LogP contribution in [0.5, 0.6) is 0 Å². The molecule has 0 aliphatic rings. The minimum atomic E-state index is -3.10. The Morgan fingerprint density at radius 2 is 2.11 bits per heavy atom. The van der Waals surface area contributed by atoms with Gasteiger partial charge in [0, 0.05) is 32.5 Å². The van der Waals surface area contributed by atoms with Crippen LogP contribution in [0.1, 0.15) is 10.4 Å². The molecule has 0 aromatic carbocycles. The van der Waals surface area contributed by atoms with Gasteiger partial charge in [0.2, 0.25) is 0 Å². The number of nitrogens with zero attached hydrogens (tertiary/aromatic N) is 2. The number of aromatic nitrogens is 1. The molecule has 0 bridgehead atoms. The lowest BCUT2D eigenvalue weighted by Crippen LogP contribution is -2.31. The van der Waals surface area contributed by atoms with Gasteiger partial charge in [-0.2, -0.15) is 0 Å². The Balaban J connectivity index is 2.85. The van der Waals surface area contributed by atoms with Gasteiger partial charge in [0.05, 0.1) is 5.75 Å². The van der Waals surface area contributed by atoms with Gasteiger partial charge in [0.25, 0.3) is 5.91 Å². The van der Waals surface area contributed by atoms with Crippen molar-refractivity contribution in [1.82, 2.24) is 9.88 Å². The maximum Gasteiger partial charge on any atom is 0.253 e. The Hall–Kier alpha value is -1.34. The molecule has 1 aromatic heterocycles. The fraction of sp³-hybridized carbons (Fsp3) is 0.455. The molecule has 0 saturated heterocycles. The number of pyridine rings is 1. The van der Waals surface area contributed by atoms with E-state index in [0.717, 1.165) is 6.26 Å². The predicted molar refractivity (Wildman–Crippen MR) is 75.5 cm³/mol. The van der Waals surface area contributed by atoms with Crippen molar-refractivity contribution in [3.05, 3.63) is 22.8 Å². The third kappa shape index (κ3) is 5.04. The van der Waals surface area contributed by atoms with Crippen LogP contribution in [0.15, 0.2) is 12.1 Å². The molecule has 106 valence electrons. The molecule has 0 saturated carbocycles. The standard InChI is InChI=1S/C11H16ClN3O3S/c1-13-10-7-8(6-9(12)14-10)11(16)15(2)4-5-19(3,17)18/h6-7H,4-5H2,1-3H3,(H,13,14). The number of carbonyl (C=O) groups excluding carboxylic acids is 1. The largest absolute Gasteiger partial charge is 0.373 e. The summed E-state index contributed by atoms with van der Waals surface area (Å²) in [4.78, 5) is 17.4. The number of hydrogen-bond donors (Lipinski definition) is 1. The van der Waals surface area contributed by atoms with Crippen LogP contribution >= 0.6 is 11.6 Å². The van der Waals surface area contributed by atoms with Gasteiger partial charge in [-0.1, -0.05) is 11.6 Å². The van der Waals surface area contributed by atoms with Crippen molar-refractivity contribution in [3.63, 3.8) is 0 Å². The third-order valence-electron chi connectivity index (χ3n) is 2.44. The smallest absolute Gasteiger partial charge is 0.253 e. The summed E-state index contributed by atoms with van der Waals surface area (Å²) in [5, 5.41) is 3.00. The molecule has 1 aromatic rings. The molecule has 1 heterocycles. The summed E-state index contributed by atoms with van der Waals surface area (Å²) in [6.07, 6.45) is 1.13. The molecular weight excluding hydrogens is 290 g/mol. The van der Waals surface area contributed by atoms with Crippen LogP contribution in [0.4, 0.5) is 5.82 Å². The summed E-state index contributed by atoms with van der Waals surface area (Å²) in [7, 11) is 0.109. The second-order valence-electron chi connectivity index (χ2n) is 4.17.